The first kappa shape index (κ1) is 22.7. The van der Waals surface area contributed by atoms with Crippen molar-refractivity contribution in [2.24, 2.45) is 0 Å². The largest absolute Gasteiger partial charge is 0.481 e. The van der Waals surface area contributed by atoms with Crippen LogP contribution >= 0.6 is 28.1 Å². The lowest BCUT2D eigenvalue weighted by molar-refractivity contribution is -0.137. The fourth-order valence-electron chi connectivity index (χ4n) is 3.96. The summed E-state index contributed by atoms with van der Waals surface area (Å²) in [5, 5.41) is 16.1. The Morgan fingerprint density at radius 1 is 1.13 bits per heavy atom. The first-order valence-corrected chi connectivity index (χ1v) is 11.6. The smallest absolute Gasteiger partial charge is 0.303 e. The molecule has 1 unspecified atom stereocenters. The highest BCUT2D eigenvalue weighted by Crippen LogP contribution is 2.35. The number of anilines is 1. The topological polar surface area (TPSA) is 64.6 Å². The van der Waals surface area contributed by atoms with Crippen molar-refractivity contribution in [3.63, 3.8) is 0 Å². The van der Waals surface area contributed by atoms with Crippen LogP contribution in [0.15, 0.2) is 53.0 Å². The number of nitrogens with zero attached hydrogens (tertiary/aromatic N) is 1. The Bertz CT molecular complexity index is 860. The summed E-state index contributed by atoms with van der Waals surface area (Å²) in [5.74, 6) is -0.729. The molecule has 5 nitrogen and oxygen atoms in total. The van der Waals surface area contributed by atoms with Gasteiger partial charge in [0.05, 0.1) is 0 Å². The highest BCUT2D eigenvalue weighted by molar-refractivity contribution is 9.10. The third kappa shape index (κ3) is 6.79. The molecule has 0 aliphatic heterocycles. The third-order valence-corrected chi connectivity index (χ3v) is 6.16. The Balaban J connectivity index is 1.49. The molecule has 0 fully saturated rings. The number of hydrogen-bond donors (Lipinski definition) is 3. The van der Waals surface area contributed by atoms with Crippen LogP contribution in [0.2, 0.25) is 0 Å². The molecule has 0 heterocycles. The van der Waals surface area contributed by atoms with Crippen LogP contribution in [0.3, 0.4) is 0 Å². The number of nitrogens with one attached hydrogen (secondary N) is 2. The molecule has 7 heteroatoms. The van der Waals surface area contributed by atoms with Gasteiger partial charge in [0.25, 0.3) is 0 Å². The van der Waals surface area contributed by atoms with Crippen LogP contribution in [0.1, 0.15) is 42.9 Å². The number of hydrogen-bond acceptors (Lipinski definition) is 3. The number of carboxylic acids is 1. The molecule has 2 aromatic carbocycles. The van der Waals surface area contributed by atoms with Crippen molar-refractivity contribution in [3.05, 3.63) is 64.1 Å². The van der Waals surface area contributed by atoms with Crippen molar-refractivity contribution < 1.29 is 9.90 Å². The highest BCUT2D eigenvalue weighted by atomic mass is 79.9. The molecular weight excluding hydrogens is 462 g/mol. The van der Waals surface area contributed by atoms with E-state index in [9.17, 15) is 4.79 Å². The van der Waals surface area contributed by atoms with E-state index in [-0.39, 0.29) is 6.42 Å². The lowest BCUT2D eigenvalue weighted by atomic mass is 10.1. The molecule has 30 heavy (non-hydrogen) atoms. The van der Waals surface area contributed by atoms with Gasteiger partial charge >= 0.3 is 5.97 Å². The Labute approximate surface area is 192 Å². The van der Waals surface area contributed by atoms with E-state index in [0.29, 0.717) is 17.6 Å². The highest BCUT2D eigenvalue weighted by Gasteiger charge is 2.27. The summed E-state index contributed by atoms with van der Waals surface area (Å²) in [6.45, 7) is 2.48. The van der Waals surface area contributed by atoms with Gasteiger partial charge in [0.15, 0.2) is 5.11 Å². The molecule has 160 valence electrons. The van der Waals surface area contributed by atoms with Crippen molar-refractivity contribution in [2.45, 2.75) is 38.1 Å². The van der Waals surface area contributed by atoms with E-state index in [1.165, 1.54) is 11.1 Å². The quantitative estimate of drug-likeness (QED) is 0.323. The predicted molar refractivity (Wildman–Crippen MR) is 129 cm³/mol. The van der Waals surface area contributed by atoms with Gasteiger partial charge in [-0.2, -0.15) is 0 Å². The minimum atomic E-state index is -0.729. The Morgan fingerprint density at radius 2 is 1.87 bits per heavy atom. The zero-order chi connectivity index (χ0) is 21.3. The number of rotatable bonds is 10. The Kier molecular flexibility index (Phi) is 8.66. The average molecular weight is 490 g/mol. The van der Waals surface area contributed by atoms with E-state index in [1.54, 1.807) is 0 Å². The van der Waals surface area contributed by atoms with Gasteiger partial charge in [-0.1, -0.05) is 40.2 Å². The van der Waals surface area contributed by atoms with Gasteiger partial charge in [-0.15, -0.1) is 0 Å². The van der Waals surface area contributed by atoms with E-state index in [2.05, 4.69) is 55.7 Å². The van der Waals surface area contributed by atoms with Crippen LogP contribution in [0.25, 0.3) is 0 Å². The number of thiocarbonyl (C=S) groups is 1. The second kappa shape index (κ2) is 11.4. The van der Waals surface area contributed by atoms with E-state index >= 15 is 0 Å². The first-order valence-electron chi connectivity index (χ1n) is 10.4. The van der Waals surface area contributed by atoms with Gasteiger partial charge < -0.3 is 15.7 Å². The van der Waals surface area contributed by atoms with Crippen molar-refractivity contribution >= 4 is 44.9 Å². The Hall–Kier alpha value is -1.96. The monoisotopic (exact) mass is 489 g/mol. The minimum Gasteiger partial charge on any atom is -0.481 e. The summed E-state index contributed by atoms with van der Waals surface area (Å²) >= 11 is 8.82. The molecule has 1 atom stereocenters. The van der Waals surface area contributed by atoms with E-state index in [0.717, 1.165) is 49.1 Å². The van der Waals surface area contributed by atoms with Crippen LogP contribution in [-0.4, -0.2) is 40.7 Å². The molecule has 0 saturated carbocycles. The fraction of sp³-hybridized carbons (Fsp3) is 0.391. The van der Waals surface area contributed by atoms with Crippen LogP contribution in [0, 0.1) is 0 Å². The number of fused-ring (bicyclic) bond motifs is 1. The molecule has 1 aliphatic carbocycles. The van der Waals surface area contributed by atoms with Crippen molar-refractivity contribution in [1.82, 2.24) is 10.2 Å². The van der Waals surface area contributed by atoms with Gasteiger partial charge in [-0.3, -0.25) is 9.69 Å². The second-order valence-electron chi connectivity index (χ2n) is 7.53. The summed E-state index contributed by atoms with van der Waals surface area (Å²) in [6, 6.07) is 16.9. The zero-order valence-electron chi connectivity index (χ0n) is 16.9. The maximum Gasteiger partial charge on any atom is 0.303 e. The first-order chi connectivity index (χ1) is 14.5. The normalized spacial score (nSPS) is 15.1. The van der Waals surface area contributed by atoms with E-state index in [4.69, 9.17) is 17.3 Å². The SMILES string of the molecule is O=C(O)CCCN(CCCNC(=S)Nc1ccc(Br)cc1)C1CCc2ccccc21. The van der Waals surface area contributed by atoms with Gasteiger partial charge in [0.1, 0.15) is 0 Å². The summed E-state index contributed by atoms with van der Waals surface area (Å²) in [6.07, 6.45) is 4.02. The van der Waals surface area contributed by atoms with Crippen molar-refractivity contribution in [1.29, 1.82) is 0 Å². The average Bonchev–Trinajstić information content (AvgIpc) is 3.15. The lowest BCUT2D eigenvalue weighted by Crippen LogP contribution is -2.34. The molecule has 0 aromatic heterocycles. The molecule has 0 spiro atoms. The van der Waals surface area contributed by atoms with Crippen LogP contribution in [0.5, 0.6) is 0 Å². The predicted octanol–water partition coefficient (Wildman–Crippen LogP) is 4.98. The molecule has 1 aliphatic rings. The summed E-state index contributed by atoms with van der Waals surface area (Å²) in [5.41, 5.74) is 3.77. The molecule has 2 aromatic rings. The molecule has 3 rings (SSSR count). The Morgan fingerprint density at radius 3 is 2.63 bits per heavy atom. The molecule has 0 radical (unpaired) electrons. The zero-order valence-corrected chi connectivity index (χ0v) is 19.3. The van der Waals surface area contributed by atoms with Crippen LogP contribution in [0.4, 0.5) is 5.69 Å². The third-order valence-electron chi connectivity index (χ3n) is 5.39. The maximum atomic E-state index is 11.0. The number of aryl methyl sites for hydroxylation is 1. The van der Waals surface area contributed by atoms with Gasteiger partial charge in [-0.25, -0.2) is 0 Å². The number of halogens is 1. The minimum absolute atomic E-state index is 0.213. The van der Waals surface area contributed by atoms with E-state index < -0.39 is 5.97 Å². The van der Waals surface area contributed by atoms with Gasteiger partial charge in [0.2, 0.25) is 0 Å². The number of carboxylic acid groups (broad SMARTS) is 1. The van der Waals surface area contributed by atoms with Crippen molar-refractivity contribution in [3.8, 4) is 0 Å². The number of carbonyl (C=O) groups is 1. The lowest BCUT2D eigenvalue weighted by Gasteiger charge is -2.29. The molecular formula is C23H28BrN3O2S. The van der Waals surface area contributed by atoms with E-state index in [1.807, 2.05) is 24.3 Å². The molecule has 0 amide bonds. The molecule has 0 saturated heterocycles. The summed E-state index contributed by atoms with van der Waals surface area (Å²) in [4.78, 5) is 13.4. The van der Waals surface area contributed by atoms with Gasteiger partial charge in [0, 0.05) is 35.7 Å². The molecule has 3 N–H and O–H groups in total. The summed E-state index contributed by atoms with van der Waals surface area (Å²) < 4.78 is 1.03. The van der Waals surface area contributed by atoms with Crippen molar-refractivity contribution in [2.75, 3.05) is 25.0 Å². The number of benzene rings is 2. The maximum absolute atomic E-state index is 11.0. The fourth-order valence-corrected chi connectivity index (χ4v) is 4.45. The summed E-state index contributed by atoms with van der Waals surface area (Å²) in [7, 11) is 0. The van der Waals surface area contributed by atoms with Gasteiger partial charge in [-0.05, 0) is 79.8 Å². The second-order valence-corrected chi connectivity index (χ2v) is 8.85. The number of aliphatic carboxylic acids is 1. The van der Waals surface area contributed by atoms with Crippen LogP contribution in [-0.2, 0) is 11.2 Å². The molecule has 0 bridgehead atoms. The van der Waals surface area contributed by atoms with Crippen LogP contribution < -0.4 is 10.6 Å². The standard InChI is InChI=1S/C23H28BrN3O2S/c24-18-9-11-19(12-10-18)26-23(30)25-14-4-16-27(15-3-7-22(28)29)21-13-8-17-5-1-2-6-20(17)21/h1-2,5-6,9-12,21H,3-4,7-8,13-16H2,(H,28,29)(H2,25,26,30).